The number of hydrogen-bond donors (Lipinski definition) is 1. The van der Waals surface area contributed by atoms with Crippen LogP contribution in [0.2, 0.25) is 23.2 Å². The summed E-state index contributed by atoms with van der Waals surface area (Å²) in [5.74, 6) is 0.764. The summed E-state index contributed by atoms with van der Waals surface area (Å²) in [7, 11) is -4.56. The van der Waals surface area contributed by atoms with E-state index in [2.05, 4.69) is 135 Å². The molecule has 6 heteroatoms. The van der Waals surface area contributed by atoms with Crippen LogP contribution in [0.5, 0.6) is 0 Å². The summed E-state index contributed by atoms with van der Waals surface area (Å²) < 4.78 is 19.8. The Bertz CT molecular complexity index is 1330. The highest BCUT2D eigenvalue weighted by atomic mass is 28.4. The van der Waals surface area contributed by atoms with Gasteiger partial charge in [-0.25, -0.2) is 0 Å². The molecule has 0 bridgehead atoms. The number of aliphatic hydroxyl groups is 1. The van der Waals surface area contributed by atoms with Crippen LogP contribution in [0.3, 0.4) is 0 Å². The summed E-state index contributed by atoms with van der Waals surface area (Å²) in [5.41, 5.74) is -0.409. The van der Waals surface area contributed by atoms with E-state index in [-0.39, 0.29) is 16.0 Å². The molecular formula is C38H56O4Si2. The van der Waals surface area contributed by atoms with E-state index in [1.54, 1.807) is 6.26 Å². The van der Waals surface area contributed by atoms with Crippen LogP contribution in [0, 0.1) is 11.3 Å². The fraction of sp³-hybridized carbons (Fsp3) is 0.526. The summed E-state index contributed by atoms with van der Waals surface area (Å²) in [6.45, 7) is 24.0. The Morgan fingerprint density at radius 3 is 1.89 bits per heavy atom. The van der Waals surface area contributed by atoms with E-state index in [4.69, 9.17) is 13.3 Å². The highest BCUT2D eigenvalue weighted by Gasteiger charge is 2.54. The van der Waals surface area contributed by atoms with E-state index < -0.39 is 27.7 Å². The van der Waals surface area contributed by atoms with E-state index >= 15 is 0 Å². The fourth-order valence-corrected chi connectivity index (χ4v) is 12.4. The summed E-state index contributed by atoms with van der Waals surface area (Å²) in [4.78, 5) is 0. The third-order valence-electron chi connectivity index (χ3n) is 10.6. The first-order valence-electron chi connectivity index (χ1n) is 16.3. The van der Waals surface area contributed by atoms with Crippen molar-refractivity contribution in [2.24, 2.45) is 11.3 Å². The Labute approximate surface area is 269 Å². The molecule has 3 atom stereocenters. The molecule has 240 valence electrons. The molecule has 0 saturated carbocycles. The molecule has 0 unspecified atom stereocenters. The molecule has 1 N–H and O–H groups in total. The molecule has 0 spiro atoms. The number of rotatable bonds is 11. The van der Waals surface area contributed by atoms with Gasteiger partial charge in [0.2, 0.25) is 0 Å². The molecule has 0 saturated heterocycles. The molecule has 44 heavy (non-hydrogen) atoms. The molecule has 0 amide bonds. The summed E-state index contributed by atoms with van der Waals surface area (Å²) >= 11 is 0. The van der Waals surface area contributed by atoms with Crippen LogP contribution in [-0.4, -0.2) is 35.0 Å². The summed E-state index contributed by atoms with van der Waals surface area (Å²) in [6.07, 6.45) is 6.22. The second kappa shape index (κ2) is 12.9. The Morgan fingerprint density at radius 2 is 1.41 bits per heavy atom. The van der Waals surface area contributed by atoms with Crippen molar-refractivity contribution in [2.45, 2.75) is 103 Å². The lowest BCUT2D eigenvalue weighted by Crippen LogP contribution is -2.66. The Morgan fingerprint density at radius 1 is 0.841 bits per heavy atom. The Balaban J connectivity index is 1.70. The smallest absolute Gasteiger partial charge is 0.261 e. The first kappa shape index (κ1) is 34.6. The zero-order chi connectivity index (χ0) is 32.4. The van der Waals surface area contributed by atoms with Gasteiger partial charge in [-0.3, -0.25) is 0 Å². The molecule has 1 heterocycles. The first-order chi connectivity index (χ1) is 20.5. The van der Waals surface area contributed by atoms with Gasteiger partial charge in [0, 0.05) is 12.0 Å². The average molecular weight is 633 g/mol. The largest absolute Gasteiger partial charge is 0.466 e. The molecule has 2 aromatic carbocycles. The minimum Gasteiger partial charge on any atom is -0.466 e. The van der Waals surface area contributed by atoms with Crippen molar-refractivity contribution in [3.8, 4) is 0 Å². The highest BCUT2D eigenvalue weighted by molar-refractivity contribution is 6.99. The molecule has 1 aliphatic carbocycles. The monoisotopic (exact) mass is 632 g/mol. The molecule has 0 aliphatic heterocycles. The van der Waals surface area contributed by atoms with Crippen molar-refractivity contribution in [2.75, 3.05) is 13.2 Å². The van der Waals surface area contributed by atoms with Gasteiger partial charge in [-0.2, -0.15) is 0 Å². The third-order valence-corrected chi connectivity index (χ3v) is 20.1. The lowest BCUT2D eigenvalue weighted by molar-refractivity contribution is -0.101. The zero-order valence-corrected chi connectivity index (χ0v) is 30.9. The van der Waals surface area contributed by atoms with Crippen molar-refractivity contribution < 1.29 is 18.4 Å². The zero-order valence-electron chi connectivity index (χ0n) is 28.9. The molecule has 0 fully saturated rings. The van der Waals surface area contributed by atoms with E-state index in [1.807, 2.05) is 12.1 Å². The minimum atomic E-state index is -2.71. The predicted octanol–water partition coefficient (Wildman–Crippen LogP) is 8.82. The predicted molar refractivity (Wildman–Crippen MR) is 189 cm³/mol. The third kappa shape index (κ3) is 6.66. The maximum atomic E-state index is 12.4. The number of hydrogen-bond acceptors (Lipinski definition) is 4. The van der Waals surface area contributed by atoms with Crippen LogP contribution in [-0.2, 0) is 14.5 Å². The standard InChI is InChI=1S/C38H56O4Si2/c1-30-27-38(39,34-23-17-25-40-34)37(8,24-18-26-41-43(9,10)35(2,3)4)28-31(30)29-42-44(36(5,6)7,32-19-13-11-14-20-32)33-21-15-12-16-22-33/h11-17,19-23,25,28,30,39H,18,24,26-27,29H2,1-10H3/t30-,37-,38-/m0/s1. The van der Waals surface area contributed by atoms with Gasteiger partial charge < -0.3 is 18.4 Å². The number of furan rings is 1. The van der Waals surface area contributed by atoms with Crippen molar-refractivity contribution in [3.63, 3.8) is 0 Å². The van der Waals surface area contributed by atoms with Gasteiger partial charge in [0.05, 0.1) is 12.9 Å². The summed E-state index contributed by atoms with van der Waals surface area (Å²) in [6, 6.07) is 25.4. The maximum Gasteiger partial charge on any atom is 0.261 e. The van der Waals surface area contributed by atoms with Crippen LogP contribution >= 0.6 is 0 Å². The van der Waals surface area contributed by atoms with Crippen LogP contribution in [0.25, 0.3) is 0 Å². The van der Waals surface area contributed by atoms with Gasteiger partial charge in [0.15, 0.2) is 8.32 Å². The molecule has 4 nitrogen and oxygen atoms in total. The van der Waals surface area contributed by atoms with Crippen LogP contribution in [0.1, 0.15) is 80.4 Å². The molecule has 3 aromatic rings. The number of benzene rings is 2. The highest BCUT2D eigenvalue weighted by Crippen LogP contribution is 2.53. The molecule has 0 radical (unpaired) electrons. The van der Waals surface area contributed by atoms with E-state index in [0.717, 1.165) is 12.8 Å². The minimum absolute atomic E-state index is 0.104. The van der Waals surface area contributed by atoms with E-state index in [9.17, 15) is 5.11 Å². The van der Waals surface area contributed by atoms with Gasteiger partial charge in [-0.05, 0) is 76.4 Å². The normalized spacial score (nSPS) is 23.4. The maximum absolute atomic E-state index is 12.4. The molecule has 1 aliphatic rings. The molecular weight excluding hydrogens is 577 g/mol. The van der Waals surface area contributed by atoms with Crippen LogP contribution in [0.15, 0.2) is 95.1 Å². The SMILES string of the molecule is C[C@H]1C[C@](O)(c2ccco2)[C@@](C)(CCCO[Si](C)(C)C(C)(C)C)C=C1CO[Si](c1ccccc1)(c1ccccc1)C(C)(C)C. The second-order valence-electron chi connectivity index (χ2n) is 15.7. The summed E-state index contributed by atoms with van der Waals surface area (Å²) in [5, 5.41) is 15.1. The Hall–Kier alpha value is -2.23. The first-order valence-corrected chi connectivity index (χ1v) is 21.2. The lowest BCUT2D eigenvalue weighted by atomic mass is 9.60. The Kier molecular flexibility index (Phi) is 10.1. The van der Waals surface area contributed by atoms with Gasteiger partial charge in [0.25, 0.3) is 8.32 Å². The van der Waals surface area contributed by atoms with Gasteiger partial charge in [-0.15, -0.1) is 0 Å². The van der Waals surface area contributed by atoms with Crippen LogP contribution in [0.4, 0.5) is 0 Å². The van der Waals surface area contributed by atoms with E-state index in [0.29, 0.717) is 25.4 Å². The van der Waals surface area contributed by atoms with Crippen molar-refractivity contribution in [1.29, 1.82) is 0 Å². The second-order valence-corrected chi connectivity index (χ2v) is 24.9. The fourth-order valence-electron chi connectivity index (χ4n) is 6.77. The van der Waals surface area contributed by atoms with E-state index in [1.165, 1.54) is 15.9 Å². The van der Waals surface area contributed by atoms with Crippen molar-refractivity contribution >= 4 is 27.0 Å². The van der Waals surface area contributed by atoms with Gasteiger partial charge in [-0.1, -0.05) is 122 Å². The molecule has 1 aromatic heterocycles. The quantitative estimate of drug-likeness (QED) is 0.130. The van der Waals surface area contributed by atoms with Gasteiger partial charge in [0.1, 0.15) is 11.4 Å². The molecule has 4 rings (SSSR count). The van der Waals surface area contributed by atoms with Crippen LogP contribution < -0.4 is 10.4 Å². The van der Waals surface area contributed by atoms with Crippen molar-refractivity contribution in [3.05, 3.63) is 96.5 Å². The average Bonchev–Trinajstić information content (AvgIpc) is 3.50. The van der Waals surface area contributed by atoms with Crippen molar-refractivity contribution in [1.82, 2.24) is 0 Å². The van der Waals surface area contributed by atoms with Gasteiger partial charge >= 0.3 is 0 Å². The lowest BCUT2D eigenvalue weighted by Gasteiger charge is -2.49. The topological polar surface area (TPSA) is 51.8 Å².